The quantitative estimate of drug-likeness (QED) is 0.436. The van der Waals surface area contributed by atoms with Crippen molar-refractivity contribution < 1.29 is 4.74 Å². The molecule has 0 saturated carbocycles. The number of rotatable bonds is 8. The Labute approximate surface area is 133 Å². The molecule has 0 aromatic heterocycles. The van der Waals surface area contributed by atoms with Gasteiger partial charge in [0.2, 0.25) is 0 Å². The maximum absolute atomic E-state index is 5.91. The molecule has 1 aliphatic heterocycles. The Morgan fingerprint density at radius 3 is 3.09 bits per heavy atom. The summed E-state index contributed by atoms with van der Waals surface area (Å²) in [5, 5.41) is 3.14. The Morgan fingerprint density at radius 2 is 2.27 bits per heavy atom. The lowest BCUT2D eigenvalue weighted by molar-refractivity contribution is 0.145. The minimum absolute atomic E-state index is 0.354. The lowest BCUT2D eigenvalue weighted by Crippen LogP contribution is -2.37. The van der Waals surface area contributed by atoms with E-state index in [1.807, 2.05) is 6.92 Å². The second kappa shape index (κ2) is 8.63. The number of nitrogens with zero attached hydrogens (tertiary/aromatic N) is 2. The molecule has 0 saturated heterocycles. The lowest BCUT2D eigenvalue weighted by Gasteiger charge is -2.26. The van der Waals surface area contributed by atoms with Gasteiger partial charge in [-0.05, 0) is 38.3 Å². The highest BCUT2D eigenvalue weighted by molar-refractivity contribution is 5.77. The number of hydrogen-bond donors (Lipinski definition) is 2. The molecule has 1 heterocycles. The highest BCUT2D eigenvalue weighted by Gasteiger charge is 2.22. The van der Waals surface area contributed by atoms with Gasteiger partial charge in [0.1, 0.15) is 0 Å². The van der Waals surface area contributed by atoms with E-state index in [-0.39, 0.29) is 0 Å². The molecular formula is C17H28N4O. The van der Waals surface area contributed by atoms with Crippen LogP contribution in [0.15, 0.2) is 29.3 Å². The van der Waals surface area contributed by atoms with E-state index in [0.717, 1.165) is 39.1 Å². The zero-order chi connectivity index (χ0) is 15.8. The van der Waals surface area contributed by atoms with Gasteiger partial charge < -0.3 is 20.7 Å². The molecule has 1 atom stereocenters. The molecule has 0 amide bonds. The monoisotopic (exact) mass is 304 g/mol. The highest BCUT2D eigenvalue weighted by Crippen LogP contribution is 2.29. The van der Waals surface area contributed by atoms with Crippen molar-refractivity contribution in [2.24, 2.45) is 10.7 Å². The summed E-state index contributed by atoms with van der Waals surface area (Å²) in [5.74, 6) is 0.524. The molecule has 0 bridgehead atoms. The number of nitrogens with one attached hydrogen (secondary N) is 1. The van der Waals surface area contributed by atoms with Crippen LogP contribution in [0.3, 0.4) is 0 Å². The molecule has 0 spiro atoms. The molecule has 0 fully saturated rings. The van der Waals surface area contributed by atoms with Gasteiger partial charge in [-0.1, -0.05) is 18.2 Å². The van der Waals surface area contributed by atoms with Crippen molar-refractivity contribution in [2.45, 2.75) is 32.7 Å². The number of nitrogens with two attached hydrogens (primary N) is 1. The number of para-hydroxylation sites is 1. The second-order valence-electron chi connectivity index (χ2n) is 5.62. The number of anilines is 1. The van der Waals surface area contributed by atoms with Crippen molar-refractivity contribution in [3.63, 3.8) is 0 Å². The fraction of sp³-hybridized carbons (Fsp3) is 0.588. The first-order valence-corrected chi connectivity index (χ1v) is 8.18. The maximum atomic E-state index is 5.91. The van der Waals surface area contributed by atoms with Crippen LogP contribution >= 0.6 is 0 Å². The molecule has 122 valence electrons. The first kappa shape index (κ1) is 16.6. The van der Waals surface area contributed by atoms with Gasteiger partial charge in [-0.15, -0.1) is 0 Å². The van der Waals surface area contributed by atoms with E-state index in [2.05, 4.69) is 46.4 Å². The number of fused-ring (bicyclic) bond motifs is 1. The smallest absolute Gasteiger partial charge is 0.188 e. The Bertz CT molecular complexity index is 489. The molecule has 5 heteroatoms. The van der Waals surface area contributed by atoms with Crippen molar-refractivity contribution in [3.05, 3.63) is 29.8 Å². The van der Waals surface area contributed by atoms with Crippen LogP contribution in [0.4, 0.5) is 5.69 Å². The minimum Gasteiger partial charge on any atom is -0.382 e. The summed E-state index contributed by atoms with van der Waals surface area (Å²) in [7, 11) is 0. The SMILES string of the molecule is CCOCCCNC(N)=NCC(C)N1CCc2ccccc21. The van der Waals surface area contributed by atoms with Crippen LogP contribution in [-0.4, -0.2) is 44.8 Å². The number of ether oxygens (including phenoxy) is 1. The summed E-state index contributed by atoms with van der Waals surface area (Å²) in [5.41, 5.74) is 8.68. The van der Waals surface area contributed by atoms with E-state index in [1.54, 1.807) is 0 Å². The molecule has 1 aromatic carbocycles. The molecular weight excluding hydrogens is 276 g/mol. The zero-order valence-electron chi connectivity index (χ0n) is 13.7. The summed E-state index contributed by atoms with van der Waals surface area (Å²) in [6, 6.07) is 8.96. The molecule has 2 rings (SSSR count). The molecule has 1 unspecified atom stereocenters. The molecule has 1 aromatic rings. The largest absolute Gasteiger partial charge is 0.382 e. The third-order valence-corrected chi connectivity index (χ3v) is 3.96. The third kappa shape index (κ3) is 4.63. The van der Waals surface area contributed by atoms with Gasteiger partial charge in [-0.3, -0.25) is 4.99 Å². The van der Waals surface area contributed by atoms with Gasteiger partial charge in [0.25, 0.3) is 0 Å². The molecule has 5 nitrogen and oxygen atoms in total. The van der Waals surface area contributed by atoms with Gasteiger partial charge in [0.15, 0.2) is 5.96 Å². The molecule has 1 aliphatic rings. The van der Waals surface area contributed by atoms with Gasteiger partial charge in [-0.2, -0.15) is 0 Å². The topological polar surface area (TPSA) is 62.9 Å². The van der Waals surface area contributed by atoms with Crippen LogP contribution in [0, 0.1) is 0 Å². The Balaban J connectivity index is 1.75. The number of benzene rings is 1. The van der Waals surface area contributed by atoms with Crippen molar-refractivity contribution in [1.82, 2.24) is 5.32 Å². The normalized spacial score (nSPS) is 15.7. The van der Waals surface area contributed by atoms with Crippen LogP contribution in [0.25, 0.3) is 0 Å². The van der Waals surface area contributed by atoms with Gasteiger partial charge in [0.05, 0.1) is 6.54 Å². The third-order valence-electron chi connectivity index (χ3n) is 3.96. The summed E-state index contributed by atoms with van der Waals surface area (Å²) in [4.78, 5) is 6.88. The Kier molecular flexibility index (Phi) is 6.52. The summed E-state index contributed by atoms with van der Waals surface area (Å²) in [6.07, 6.45) is 2.06. The van der Waals surface area contributed by atoms with E-state index in [4.69, 9.17) is 10.5 Å². The standard InChI is InChI=1S/C17H28N4O/c1-3-22-12-6-10-19-17(18)20-13-14(2)21-11-9-15-7-4-5-8-16(15)21/h4-5,7-8,14H,3,6,9-13H2,1-2H3,(H3,18,19,20). The maximum Gasteiger partial charge on any atom is 0.188 e. The Hall–Kier alpha value is -1.75. The van der Waals surface area contributed by atoms with Crippen LogP contribution < -0.4 is 16.0 Å². The summed E-state index contributed by atoms with van der Waals surface area (Å²) < 4.78 is 5.29. The van der Waals surface area contributed by atoms with E-state index < -0.39 is 0 Å². The van der Waals surface area contributed by atoms with E-state index in [9.17, 15) is 0 Å². The molecule has 22 heavy (non-hydrogen) atoms. The van der Waals surface area contributed by atoms with E-state index in [1.165, 1.54) is 11.3 Å². The number of aliphatic imine (C=N–C) groups is 1. The first-order valence-electron chi connectivity index (χ1n) is 8.18. The number of guanidine groups is 1. The highest BCUT2D eigenvalue weighted by atomic mass is 16.5. The van der Waals surface area contributed by atoms with E-state index in [0.29, 0.717) is 18.5 Å². The van der Waals surface area contributed by atoms with Crippen LogP contribution in [0.1, 0.15) is 25.8 Å². The first-order chi connectivity index (χ1) is 10.7. The molecule has 0 radical (unpaired) electrons. The van der Waals surface area contributed by atoms with Crippen molar-refractivity contribution >= 4 is 11.6 Å². The zero-order valence-corrected chi connectivity index (χ0v) is 13.7. The predicted octanol–water partition coefficient (Wildman–Crippen LogP) is 1.77. The van der Waals surface area contributed by atoms with Crippen LogP contribution in [0.5, 0.6) is 0 Å². The fourth-order valence-corrected chi connectivity index (χ4v) is 2.74. The fourth-order valence-electron chi connectivity index (χ4n) is 2.74. The van der Waals surface area contributed by atoms with Crippen molar-refractivity contribution in [3.8, 4) is 0 Å². The van der Waals surface area contributed by atoms with E-state index >= 15 is 0 Å². The molecule has 3 N–H and O–H groups in total. The van der Waals surface area contributed by atoms with Gasteiger partial charge >= 0.3 is 0 Å². The number of hydrogen-bond acceptors (Lipinski definition) is 3. The van der Waals surface area contributed by atoms with Crippen molar-refractivity contribution in [1.29, 1.82) is 0 Å². The second-order valence-corrected chi connectivity index (χ2v) is 5.62. The van der Waals surface area contributed by atoms with Crippen molar-refractivity contribution in [2.75, 3.05) is 37.7 Å². The summed E-state index contributed by atoms with van der Waals surface area (Å²) >= 11 is 0. The van der Waals surface area contributed by atoms with Gasteiger partial charge in [0, 0.05) is 38.0 Å². The average molecular weight is 304 g/mol. The predicted molar refractivity (Wildman–Crippen MR) is 92.6 cm³/mol. The average Bonchev–Trinajstić information content (AvgIpc) is 2.96. The molecule has 0 aliphatic carbocycles. The minimum atomic E-state index is 0.354. The Morgan fingerprint density at radius 1 is 1.45 bits per heavy atom. The van der Waals surface area contributed by atoms with Crippen LogP contribution in [0.2, 0.25) is 0 Å². The van der Waals surface area contributed by atoms with Crippen LogP contribution in [-0.2, 0) is 11.2 Å². The summed E-state index contributed by atoms with van der Waals surface area (Å²) in [6.45, 7) is 8.30. The van der Waals surface area contributed by atoms with Gasteiger partial charge in [-0.25, -0.2) is 0 Å². The lowest BCUT2D eigenvalue weighted by atomic mass is 10.2.